The maximum absolute atomic E-state index is 12.4. The minimum absolute atomic E-state index is 0.241. The van der Waals surface area contributed by atoms with Crippen LogP contribution in [0.5, 0.6) is 0 Å². The maximum Gasteiger partial charge on any atom is 0.277 e. The molecule has 2 aromatic carbocycles. The first kappa shape index (κ1) is 18.8. The molecule has 0 bridgehead atoms. The van der Waals surface area contributed by atoms with Gasteiger partial charge in [-0.2, -0.15) is 0 Å². The van der Waals surface area contributed by atoms with E-state index in [1.807, 2.05) is 31.2 Å². The van der Waals surface area contributed by atoms with Gasteiger partial charge in [0, 0.05) is 10.6 Å². The summed E-state index contributed by atoms with van der Waals surface area (Å²) in [6.45, 7) is 3.75. The lowest BCUT2D eigenvalue weighted by Crippen LogP contribution is -2.22. The minimum atomic E-state index is -0.462. The highest BCUT2D eigenvalue weighted by Gasteiger charge is 2.19. The fraction of sp³-hybridized carbons (Fsp3) is 0.167. The molecule has 0 saturated heterocycles. The smallest absolute Gasteiger partial charge is 0.277 e. The number of rotatable bonds is 5. The molecule has 5 nitrogen and oxygen atoms in total. The molecule has 8 heteroatoms. The molecule has 0 aliphatic carbocycles. The van der Waals surface area contributed by atoms with Crippen molar-refractivity contribution in [1.29, 1.82) is 0 Å². The Kier molecular flexibility index (Phi) is 5.86. The molecule has 0 fully saturated rings. The number of anilines is 1. The quantitative estimate of drug-likeness (QED) is 0.567. The van der Waals surface area contributed by atoms with E-state index in [2.05, 4.69) is 15.5 Å². The zero-order valence-electron chi connectivity index (χ0n) is 14.0. The van der Waals surface area contributed by atoms with E-state index in [0.717, 1.165) is 11.1 Å². The van der Waals surface area contributed by atoms with Crippen LogP contribution in [0.15, 0.2) is 52.1 Å². The van der Waals surface area contributed by atoms with Crippen molar-refractivity contribution in [1.82, 2.24) is 10.2 Å². The first-order valence-corrected chi connectivity index (χ1v) is 9.39. The third-order valence-corrected chi connectivity index (χ3v) is 5.04. The molecule has 1 aromatic heterocycles. The number of amides is 1. The van der Waals surface area contributed by atoms with E-state index < -0.39 is 5.25 Å². The third-order valence-electron chi connectivity index (χ3n) is 3.54. The fourth-order valence-electron chi connectivity index (χ4n) is 2.10. The molecule has 0 saturated carbocycles. The lowest BCUT2D eigenvalue weighted by Gasteiger charge is -2.11. The average Bonchev–Trinajstić information content (AvgIpc) is 3.07. The SMILES string of the molecule is Cc1ccc(-c2nnc(S[C@H](C)C(=O)Nc3cc(Cl)ccc3Cl)o2)cc1. The number of carbonyl (C=O) groups is 1. The van der Waals surface area contributed by atoms with Crippen molar-refractivity contribution in [3.8, 4) is 11.5 Å². The van der Waals surface area contributed by atoms with Crippen molar-refractivity contribution in [2.75, 3.05) is 5.32 Å². The van der Waals surface area contributed by atoms with Crippen molar-refractivity contribution in [3.63, 3.8) is 0 Å². The first-order chi connectivity index (χ1) is 12.4. The molecule has 1 N–H and O–H groups in total. The summed E-state index contributed by atoms with van der Waals surface area (Å²) >= 11 is 13.2. The third kappa shape index (κ3) is 4.58. The Hall–Kier alpha value is -2.02. The molecule has 26 heavy (non-hydrogen) atoms. The van der Waals surface area contributed by atoms with E-state index in [9.17, 15) is 4.79 Å². The van der Waals surface area contributed by atoms with Crippen LogP contribution in [-0.4, -0.2) is 21.4 Å². The van der Waals surface area contributed by atoms with Gasteiger partial charge in [-0.15, -0.1) is 10.2 Å². The highest BCUT2D eigenvalue weighted by molar-refractivity contribution is 8.00. The minimum Gasteiger partial charge on any atom is -0.411 e. The molecule has 0 radical (unpaired) electrons. The van der Waals surface area contributed by atoms with E-state index in [1.165, 1.54) is 11.8 Å². The molecule has 1 amide bonds. The monoisotopic (exact) mass is 407 g/mol. The Balaban J connectivity index is 1.66. The van der Waals surface area contributed by atoms with Gasteiger partial charge in [-0.3, -0.25) is 4.79 Å². The van der Waals surface area contributed by atoms with Crippen molar-refractivity contribution in [2.45, 2.75) is 24.3 Å². The van der Waals surface area contributed by atoms with Crippen LogP contribution in [0.1, 0.15) is 12.5 Å². The molecule has 134 valence electrons. The van der Waals surface area contributed by atoms with Crippen LogP contribution in [0, 0.1) is 6.92 Å². The van der Waals surface area contributed by atoms with E-state index in [-0.39, 0.29) is 5.91 Å². The van der Waals surface area contributed by atoms with Crippen molar-refractivity contribution >= 4 is 46.6 Å². The second-order valence-corrected chi connectivity index (χ2v) is 7.75. The number of nitrogens with zero attached hydrogens (tertiary/aromatic N) is 2. The van der Waals surface area contributed by atoms with E-state index in [0.29, 0.717) is 26.8 Å². The van der Waals surface area contributed by atoms with Crippen LogP contribution in [0.2, 0.25) is 10.0 Å². The normalized spacial score (nSPS) is 12.0. The number of hydrogen-bond donors (Lipinski definition) is 1. The van der Waals surface area contributed by atoms with Crippen LogP contribution in [0.4, 0.5) is 5.69 Å². The van der Waals surface area contributed by atoms with Gasteiger partial charge in [0.2, 0.25) is 11.8 Å². The molecule has 0 aliphatic heterocycles. The molecule has 0 unspecified atom stereocenters. The Labute approximate surface area is 165 Å². The first-order valence-electron chi connectivity index (χ1n) is 7.75. The number of hydrogen-bond acceptors (Lipinski definition) is 5. The number of aryl methyl sites for hydroxylation is 1. The number of halogens is 2. The molecule has 3 aromatic rings. The molecule has 0 aliphatic rings. The van der Waals surface area contributed by atoms with E-state index in [1.54, 1.807) is 25.1 Å². The number of thioether (sulfide) groups is 1. The summed E-state index contributed by atoms with van der Waals surface area (Å²) in [4.78, 5) is 12.4. The Morgan fingerprint density at radius 3 is 2.62 bits per heavy atom. The average molecular weight is 408 g/mol. The summed E-state index contributed by atoms with van der Waals surface area (Å²) < 4.78 is 5.64. The highest BCUT2D eigenvalue weighted by Crippen LogP contribution is 2.29. The molecule has 0 spiro atoms. The van der Waals surface area contributed by atoms with Gasteiger partial charge in [0.05, 0.1) is 16.0 Å². The Bertz CT molecular complexity index is 928. The van der Waals surface area contributed by atoms with Crippen LogP contribution in [-0.2, 0) is 4.79 Å². The van der Waals surface area contributed by atoms with Crippen molar-refractivity contribution < 1.29 is 9.21 Å². The summed E-state index contributed by atoms with van der Waals surface area (Å²) in [6.07, 6.45) is 0. The molecular formula is C18H15Cl2N3O2S. The van der Waals surface area contributed by atoms with Gasteiger partial charge in [-0.1, -0.05) is 52.7 Å². The predicted molar refractivity (Wildman–Crippen MR) is 105 cm³/mol. The van der Waals surface area contributed by atoms with Crippen LogP contribution >= 0.6 is 35.0 Å². The van der Waals surface area contributed by atoms with Gasteiger partial charge < -0.3 is 9.73 Å². The summed E-state index contributed by atoms with van der Waals surface area (Å²) in [7, 11) is 0. The topological polar surface area (TPSA) is 68.0 Å². The summed E-state index contributed by atoms with van der Waals surface area (Å²) in [5.41, 5.74) is 2.44. The van der Waals surface area contributed by atoms with E-state index >= 15 is 0 Å². The van der Waals surface area contributed by atoms with Gasteiger partial charge in [0.15, 0.2) is 0 Å². The van der Waals surface area contributed by atoms with Crippen LogP contribution in [0.25, 0.3) is 11.5 Å². The molecule has 3 rings (SSSR count). The summed E-state index contributed by atoms with van der Waals surface area (Å²) in [5, 5.41) is 11.5. The Morgan fingerprint density at radius 1 is 1.15 bits per heavy atom. The number of nitrogens with one attached hydrogen (secondary N) is 1. The lowest BCUT2D eigenvalue weighted by atomic mass is 10.1. The van der Waals surface area contributed by atoms with Crippen molar-refractivity contribution in [3.05, 3.63) is 58.1 Å². The number of aromatic nitrogens is 2. The van der Waals surface area contributed by atoms with Crippen LogP contribution in [0.3, 0.4) is 0 Å². The van der Waals surface area contributed by atoms with Gasteiger partial charge in [0.1, 0.15) is 0 Å². The summed E-state index contributed by atoms with van der Waals surface area (Å²) in [6, 6.07) is 12.6. The molecule has 1 heterocycles. The highest BCUT2D eigenvalue weighted by atomic mass is 35.5. The van der Waals surface area contributed by atoms with Gasteiger partial charge in [0.25, 0.3) is 5.22 Å². The number of carbonyl (C=O) groups excluding carboxylic acids is 1. The second-order valence-electron chi connectivity index (χ2n) is 5.61. The largest absolute Gasteiger partial charge is 0.411 e. The van der Waals surface area contributed by atoms with Gasteiger partial charge in [-0.25, -0.2) is 0 Å². The van der Waals surface area contributed by atoms with Crippen LogP contribution < -0.4 is 5.32 Å². The second kappa shape index (κ2) is 8.12. The van der Waals surface area contributed by atoms with E-state index in [4.69, 9.17) is 27.6 Å². The molecular weight excluding hydrogens is 393 g/mol. The zero-order chi connectivity index (χ0) is 18.7. The van der Waals surface area contributed by atoms with Gasteiger partial charge >= 0.3 is 0 Å². The lowest BCUT2D eigenvalue weighted by molar-refractivity contribution is -0.115. The van der Waals surface area contributed by atoms with Crippen molar-refractivity contribution in [2.24, 2.45) is 0 Å². The maximum atomic E-state index is 12.4. The van der Waals surface area contributed by atoms with Gasteiger partial charge in [-0.05, 0) is 44.2 Å². The number of benzene rings is 2. The Morgan fingerprint density at radius 2 is 1.88 bits per heavy atom. The zero-order valence-corrected chi connectivity index (χ0v) is 16.3. The molecule has 1 atom stereocenters. The fourth-order valence-corrected chi connectivity index (χ4v) is 3.12. The standard InChI is InChI=1S/C18H15Cl2N3O2S/c1-10-3-5-12(6-4-10)17-22-23-18(25-17)26-11(2)16(24)21-15-9-13(19)7-8-14(15)20/h3-9,11H,1-2H3,(H,21,24)/t11-/m1/s1. The predicted octanol–water partition coefficient (Wildman–Crippen LogP) is 5.47. The summed E-state index contributed by atoms with van der Waals surface area (Å²) in [5.74, 6) is 0.173.